The molecule has 104 valence electrons. The molecule has 0 aromatic heterocycles. The molecule has 1 rings (SSSR count). The molecule has 0 saturated heterocycles. The van der Waals surface area contributed by atoms with Crippen LogP contribution in [-0.2, 0) is 15.7 Å². The molecule has 2 nitrogen and oxygen atoms in total. The van der Waals surface area contributed by atoms with Gasteiger partial charge in [-0.2, -0.15) is 13.2 Å². The van der Waals surface area contributed by atoms with Gasteiger partial charge in [-0.1, -0.05) is 18.7 Å². The van der Waals surface area contributed by atoms with Crippen molar-refractivity contribution in [3.8, 4) is 0 Å². The summed E-state index contributed by atoms with van der Waals surface area (Å²) in [6.45, 7) is 7.12. The average Bonchev–Trinajstić information content (AvgIpc) is 2.36. The molecule has 0 radical (unpaired) electrons. The summed E-state index contributed by atoms with van der Waals surface area (Å²) in [5.41, 5.74) is -0.165. The first-order valence-electron chi connectivity index (χ1n) is 5.80. The molecule has 1 aromatic carbocycles. The Labute approximate surface area is 109 Å². The zero-order valence-electron chi connectivity index (χ0n) is 10.8. The van der Waals surface area contributed by atoms with Crippen molar-refractivity contribution in [1.29, 1.82) is 0 Å². The Morgan fingerprint density at radius 2 is 2.05 bits per heavy atom. The molecule has 0 saturated carbocycles. The van der Waals surface area contributed by atoms with Gasteiger partial charge >= 0.3 is 12.1 Å². The SMILES string of the molecule is C=C(c1cccc(C(F)(F)F)c1)[C@H](C)C(=O)OCC. The molecule has 19 heavy (non-hydrogen) atoms. The van der Waals surface area contributed by atoms with Crippen LogP contribution in [0.25, 0.3) is 5.57 Å². The van der Waals surface area contributed by atoms with Gasteiger partial charge in [0.1, 0.15) is 0 Å². The number of hydrogen-bond acceptors (Lipinski definition) is 2. The summed E-state index contributed by atoms with van der Waals surface area (Å²) in [6, 6.07) is 4.75. The van der Waals surface area contributed by atoms with Crippen LogP contribution in [0.3, 0.4) is 0 Å². The molecule has 1 atom stereocenters. The van der Waals surface area contributed by atoms with Crippen molar-refractivity contribution in [2.75, 3.05) is 6.61 Å². The Morgan fingerprint density at radius 1 is 1.42 bits per heavy atom. The highest BCUT2D eigenvalue weighted by Gasteiger charge is 2.31. The maximum absolute atomic E-state index is 12.6. The molecule has 0 bridgehead atoms. The maximum atomic E-state index is 12.6. The highest BCUT2D eigenvalue weighted by molar-refractivity contribution is 5.87. The number of carbonyl (C=O) groups excluding carboxylic acids is 1. The van der Waals surface area contributed by atoms with Crippen LogP contribution in [0.1, 0.15) is 25.0 Å². The van der Waals surface area contributed by atoms with Crippen LogP contribution in [0.15, 0.2) is 30.8 Å². The van der Waals surface area contributed by atoms with Crippen LogP contribution in [0, 0.1) is 5.92 Å². The van der Waals surface area contributed by atoms with E-state index < -0.39 is 23.6 Å². The molecule has 0 spiro atoms. The highest BCUT2D eigenvalue weighted by atomic mass is 19.4. The van der Waals surface area contributed by atoms with Gasteiger partial charge in [0, 0.05) is 0 Å². The molecule has 0 aliphatic heterocycles. The van der Waals surface area contributed by atoms with Gasteiger partial charge in [-0.3, -0.25) is 4.79 Å². The van der Waals surface area contributed by atoms with Crippen molar-refractivity contribution in [3.63, 3.8) is 0 Å². The zero-order valence-corrected chi connectivity index (χ0v) is 10.8. The minimum Gasteiger partial charge on any atom is -0.466 e. The quantitative estimate of drug-likeness (QED) is 0.776. The Kier molecular flexibility index (Phi) is 4.75. The summed E-state index contributed by atoms with van der Waals surface area (Å²) >= 11 is 0. The Hall–Kier alpha value is -1.78. The fraction of sp³-hybridized carbons (Fsp3) is 0.357. The number of hydrogen-bond donors (Lipinski definition) is 0. The molecule has 5 heteroatoms. The van der Waals surface area contributed by atoms with Gasteiger partial charge in [0.15, 0.2) is 0 Å². The van der Waals surface area contributed by atoms with Crippen molar-refractivity contribution in [1.82, 2.24) is 0 Å². The Morgan fingerprint density at radius 3 is 2.58 bits per heavy atom. The van der Waals surface area contributed by atoms with Gasteiger partial charge in [-0.05, 0) is 37.1 Å². The lowest BCUT2D eigenvalue weighted by atomic mass is 9.94. The smallest absolute Gasteiger partial charge is 0.416 e. The number of benzene rings is 1. The number of rotatable bonds is 4. The average molecular weight is 272 g/mol. The standard InChI is InChI=1S/C14H15F3O2/c1-4-19-13(18)10(3)9(2)11-6-5-7-12(8-11)14(15,16)17/h5-8,10H,2,4H2,1,3H3/t10-/m0/s1. The summed E-state index contributed by atoms with van der Waals surface area (Å²) in [5, 5.41) is 0. The number of carbonyl (C=O) groups is 1. The second-order valence-corrected chi connectivity index (χ2v) is 4.08. The van der Waals surface area contributed by atoms with Gasteiger partial charge in [-0.25, -0.2) is 0 Å². The largest absolute Gasteiger partial charge is 0.466 e. The lowest BCUT2D eigenvalue weighted by molar-refractivity contribution is -0.145. The first kappa shape index (κ1) is 15.3. The van der Waals surface area contributed by atoms with Crippen LogP contribution in [0.5, 0.6) is 0 Å². The van der Waals surface area contributed by atoms with E-state index in [1.807, 2.05) is 0 Å². The predicted molar refractivity (Wildman–Crippen MR) is 66.3 cm³/mol. The lowest BCUT2D eigenvalue weighted by Crippen LogP contribution is -2.16. The van der Waals surface area contributed by atoms with E-state index in [1.54, 1.807) is 13.8 Å². The van der Waals surface area contributed by atoms with E-state index in [9.17, 15) is 18.0 Å². The fourth-order valence-corrected chi connectivity index (χ4v) is 1.55. The maximum Gasteiger partial charge on any atom is 0.416 e. The number of ether oxygens (including phenoxy) is 1. The van der Waals surface area contributed by atoms with E-state index >= 15 is 0 Å². The van der Waals surface area contributed by atoms with Gasteiger partial charge in [-0.15, -0.1) is 0 Å². The van der Waals surface area contributed by atoms with E-state index in [-0.39, 0.29) is 12.2 Å². The third kappa shape index (κ3) is 3.84. The van der Waals surface area contributed by atoms with E-state index in [0.717, 1.165) is 12.1 Å². The summed E-state index contributed by atoms with van der Waals surface area (Å²) in [5.74, 6) is -1.17. The molecule has 0 unspecified atom stereocenters. The molecule has 0 N–H and O–H groups in total. The van der Waals surface area contributed by atoms with Gasteiger partial charge < -0.3 is 4.74 Å². The fourth-order valence-electron chi connectivity index (χ4n) is 1.55. The Bertz CT molecular complexity index is 478. The zero-order chi connectivity index (χ0) is 14.6. The monoisotopic (exact) mass is 272 g/mol. The van der Waals surface area contributed by atoms with Crippen LogP contribution in [0.4, 0.5) is 13.2 Å². The Balaban J connectivity index is 2.97. The third-order valence-corrected chi connectivity index (χ3v) is 2.72. The first-order valence-corrected chi connectivity index (χ1v) is 5.80. The van der Waals surface area contributed by atoms with Gasteiger partial charge in [0.05, 0.1) is 18.1 Å². The van der Waals surface area contributed by atoms with Crippen LogP contribution in [0.2, 0.25) is 0 Å². The normalized spacial score (nSPS) is 12.9. The van der Waals surface area contributed by atoms with Crippen molar-refractivity contribution in [3.05, 3.63) is 42.0 Å². The third-order valence-electron chi connectivity index (χ3n) is 2.72. The molecular formula is C14H15F3O2. The van der Waals surface area contributed by atoms with Crippen molar-refractivity contribution in [2.45, 2.75) is 20.0 Å². The summed E-state index contributed by atoms with van der Waals surface area (Å²) in [6.07, 6.45) is -4.41. The van der Waals surface area contributed by atoms with Crippen molar-refractivity contribution < 1.29 is 22.7 Å². The van der Waals surface area contributed by atoms with E-state index in [0.29, 0.717) is 5.57 Å². The molecule has 0 amide bonds. The topological polar surface area (TPSA) is 26.3 Å². The molecule has 0 aliphatic rings. The van der Waals surface area contributed by atoms with Crippen molar-refractivity contribution >= 4 is 11.5 Å². The molecule has 1 aromatic rings. The number of halogens is 3. The molecule has 0 heterocycles. The second kappa shape index (κ2) is 5.91. The molecule has 0 fully saturated rings. The van der Waals surface area contributed by atoms with Crippen molar-refractivity contribution in [2.24, 2.45) is 5.92 Å². The van der Waals surface area contributed by atoms with Crippen LogP contribution < -0.4 is 0 Å². The first-order chi connectivity index (χ1) is 8.77. The second-order valence-electron chi connectivity index (χ2n) is 4.08. The predicted octanol–water partition coefficient (Wildman–Crippen LogP) is 3.92. The number of alkyl halides is 3. The highest BCUT2D eigenvalue weighted by Crippen LogP contribution is 2.32. The van der Waals surface area contributed by atoms with Gasteiger partial charge in [0.25, 0.3) is 0 Å². The van der Waals surface area contributed by atoms with Gasteiger partial charge in [0.2, 0.25) is 0 Å². The summed E-state index contributed by atoms with van der Waals surface area (Å²) < 4.78 is 42.6. The minimum atomic E-state index is -4.41. The van der Waals surface area contributed by atoms with E-state index in [1.165, 1.54) is 12.1 Å². The van der Waals surface area contributed by atoms with Crippen LogP contribution >= 0.6 is 0 Å². The summed E-state index contributed by atoms with van der Waals surface area (Å²) in [4.78, 5) is 11.5. The minimum absolute atomic E-state index is 0.221. The molecule has 0 aliphatic carbocycles. The van der Waals surface area contributed by atoms with E-state index in [2.05, 4.69) is 6.58 Å². The van der Waals surface area contributed by atoms with E-state index in [4.69, 9.17) is 4.74 Å². The molecular weight excluding hydrogens is 257 g/mol. The summed E-state index contributed by atoms with van der Waals surface area (Å²) in [7, 11) is 0. The van der Waals surface area contributed by atoms with Crippen LogP contribution in [-0.4, -0.2) is 12.6 Å². The number of esters is 1. The lowest BCUT2D eigenvalue weighted by Gasteiger charge is -2.15.